The molecule has 25 heavy (non-hydrogen) atoms. The molecule has 132 valence electrons. The van der Waals surface area contributed by atoms with Crippen molar-refractivity contribution in [2.24, 2.45) is 0 Å². The van der Waals surface area contributed by atoms with Crippen molar-refractivity contribution in [1.82, 2.24) is 0 Å². The van der Waals surface area contributed by atoms with Crippen LogP contribution in [0.5, 0.6) is 5.75 Å². The molecule has 0 aliphatic rings. The van der Waals surface area contributed by atoms with Crippen molar-refractivity contribution in [3.05, 3.63) is 53.6 Å². The summed E-state index contributed by atoms with van der Waals surface area (Å²) in [5, 5.41) is 2.69. The normalized spacial score (nSPS) is 10.1. The highest BCUT2D eigenvalue weighted by molar-refractivity contribution is 5.96. The molecule has 2 rings (SSSR count). The second-order valence-corrected chi connectivity index (χ2v) is 5.75. The third-order valence-electron chi connectivity index (χ3n) is 3.66. The standard InChI is InChI=1S/C19H22N2O4/c1-13-11-16(24-4)9-10-17(13)19(23)25-12-18(22)20-14-5-7-15(8-6-14)21(2)3/h5-11H,12H2,1-4H3,(H,20,22). The summed E-state index contributed by atoms with van der Waals surface area (Å²) < 4.78 is 10.2. The van der Waals surface area contributed by atoms with Crippen LogP contribution in [0.4, 0.5) is 11.4 Å². The molecule has 0 aromatic heterocycles. The van der Waals surface area contributed by atoms with Gasteiger partial charge in [-0.1, -0.05) is 0 Å². The Hall–Kier alpha value is -3.02. The van der Waals surface area contributed by atoms with E-state index in [0.29, 0.717) is 17.0 Å². The Morgan fingerprint density at radius 3 is 2.32 bits per heavy atom. The van der Waals surface area contributed by atoms with Crippen molar-refractivity contribution in [1.29, 1.82) is 0 Å². The fourth-order valence-corrected chi connectivity index (χ4v) is 2.24. The van der Waals surface area contributed by atoms with Gasteiger partial charge in [0.05, 0.1) is 12.7 Å². The summed E-state index contributed by atoms with van der Waals surface area (Å²) >= 11 is 0. The van der Waals surface area contributed by atoms with Crippen LogP contribution < -0.4 is 15.0 Å². The number of esters is 1. The number of hydrogen-bond donors (Lipinski definition) is 1. The van der Waals surface area contributed by atoms with Crippen LogP contribution in [0.3, 0.4) is 0 Å². The van der Waals surface area contributed by atoms with E-state index in [1.165, 1.54) is 0 Å². The van der Waals surface area contributed by atoms with Gasteiger partial charge >= 0.3 is 5.97 Å². The zero-order chi connectivity index (χ0) is 18.4. The lowest BCUT2D eigenvalue weighted by molar-refractivity contribution is -0.119. The van der Waals surface area contributed by atoms with Gasteiger partial charge in [0.25, 0.3) is 5.91 Å². The van der Waals surface area contributed by atoms with Crippen molar-refractivity contribution in [3.8, 4) is 5.75 Å². The molecule has 6 nitrogen and oxygen atoms in total. The van der Waals surface area contributed by atoms with Gasteiger partial charge < -0.3 is 19.7 Å². The Morgan fingerprint density at radius 2 is 1.76 bits per heavy atom. The number of hydrogen-bond acceptors (Lipinski definition) is 5. The van der Waals surface area contributed by atoms with Gasteiger partial charge in [0.15, 0.2) is 6.61 Å². The predicted octanol–water partition coefficient (Wildman–Crippen LogP) is 2.87. The van der Waals surface area contributed by atoms with Crippen molar-refractivity contribution < 1.29 is 19.1 Å². The lowest BCUT2D eigenvalue weighted by atomic mass is 10.1. The van der Waals surface area contributed by atoms with Gasteiger partial charge in [-0.15, -0.1) is 0 Å². The average Bonchev–Trinajstić information content (AvgIpc) is 2.60. The van der Waals surface area contributed by atoms with E-state index in [-0.39, 0.29) is 6.61 Å². The molecule has 0 unspecified atom stereocenters. The zero-order valence-corrected chi connectivity index (χ0v) is 14.8. The highest BCUT2D eigenvalue weighted by Gasteiger charge is 2.13. The van der Waals surface area contributed by atoms with Gasteiger partial charge in [0.1, 0.15) is 5.75 Å². The van der Waals surface area contributed by atoms with Crippen LogP contribution >= 0.6 is 0 Å². The van der Waals surface area contributed by atoms with E-state index in [0.717, 1.165) is 11.3 Å². The second kappa shape index (κ2) is 8.19. The topological polar surface area (TPSA) is 67.9 Å². The number of amides is 1. The minimum Gasteiger partial charge on any atom is -0.497 e. The number of aryl methyl sites for hydroxylation is 1. The maximum Gasteiger partial charge on any atom is 0.338 e. The van der Waals surface area contributed by atoms with E-state index in [9.17, 15) is 9.59 Å². The van der Waals surface area contributed by atoms with E-state index >= 15 is 0 Å². The lowest BCUT2D eigenvalue weighted by Crippen LogP contribution is -2.21. The fourth-order valence-electron chi connectivity index (χ4n) is 2.24. The van der Waals surface area contributed by atoms with Gasteiger partial charge in [-0.25, -0.2) is 4.79 Å². The summed E-state index contributed by atoms with van der Waals surface area (Å²) in [4.78, 5) is 26.0. The number of methoxy groups -OCH3 is 1. The molecule has 1 N–H and O–H groups in total. The molecule has 6 heteroatoms. The Balaban J connectivity index is 1.90. The first-order valence-corrected chi connectivity index (χ1v) is 7.79. The third-order valence-corrected chi connectivity index (χ3v) is 3.66. The Kier molecular flexibility index (Phi) is 6.00. The largest absolute Gasteiger partial charge is 0.497 e. The van der Waals surface area contributed by atoms with Crippen LogP contribution in [-0.2, 0) is 9.53 Å². The van der Waals surface area contributed by atoms with Crippen LogP contribution in [0.25, 0.3) is 0 Å². The van der Waals surface area contributed by atoms with Gasteiger partial charge in [0.2, 0.25) is 0 Å². The molecule has 0 spiro atoms. The summed E-state index contributed by atoms with van der Waals surface area (Å²) in [5.74, 6) is -0.275. The predicted molar refractivity (Wildman–Crippen MR) is 97.4 cm³/mol. The molecule has 1 amide bonds. The summed E-state index contributed by atoms with van der Waals surface area (Å²) in [6.07, 6.45) is 0. The first kappa shape index (κ1) is 18.3. The molecule has 0 heterocycles. The minimum atomic E-state index is -0.543. The Bertz CT molecular complexity index is 755. The molecular formula is C19H22N2O4. The number of ether oxygens (including phenoxy) is 2. The molecule has 0 radical (unpaired) electrons. The quantitative estimate of drug-likeness (QED) is 0.818. The molecule has 0 fully saturated rings. The van der Waals surface area contributed by atoms with Crippen molar-refractivity contribution in [2.75, 3.05) is 38.0 Å². The SMILES string of the molecule is COc1ccc(C(=O)OCC(=O)Nc2ccc(N(C)C)cc2)c(C)c1. The highest BCUT2D eigenvalue weighted by Crippen LogP contribution is 2.18. The van der Waals surface area contributed by atoms with Gasteiger partial charge in [-0.2, -0.15) is 0 Å². The van der Waals surface area contributed by atoms with E-state index in [2.05, 4.69) is 5.32 Å². The Morgan fingerprint density at radius 1 is 1.08 bits per heavy atom. The number of anilines is 2. The molecule has 0 saturated carbocycles. The second-order valence-electron chi connectivity index (χ2n) is 5.75. The van der Waals surface area contributed by atoms with E-state index < -0.39 is 11.9 Å². The first-order chi connectivity index (χ1) is 11.9. The monoisotopic (exact) mass is 342 g/mol. The highest BCUT2D eigenvalue weighted by atomic mass is 16.5. The van der Waals surface area contributed by atoms with Crippen LogP contribution in [-0.4, -0.2) is 39.7 Å². The fraction of sp³-hybridized carbons (Fsp3) is 0.263. The average molecular weight is 342 g/mol. The molecule has 2 aromatic carbocycles. The van der Waals surface area contributed by atoms with Gasteiger partial charge in [0, 0.05) is 25.5 Å². The zero-order valence-electron chi connectivity index (χ0n) is 14.8. The lowest BCUT2D eigenvalue weighted by Gasteiger charge is -2.13. The summed E-state index contributed by atoms with van der Waals surface area (Å²) in [6, 6.07) is 12.4. The van der Waals surface area contributed by atoms with Crippen molar-refractivity contribution in [2.45, 2.75) is 6.92 Å². The number of benzene rings is 2. The van der Waals surface area contributed by atoms with E-state index in [1.54, 1.807) is 44.4 Å². The molecule has 0 aliphatic carbocycles. The number of nitrogens with one attached hydrogen (secondary N) is 1. The van der Waals surface area contributed by atoms with Crippen LogP contribution in [0.15, 0.2) is 42.5 Å². The number of nitrogens with zero attached hydrogens (tertiary/aromatic N) is 1. The minimum absolute atomic E-state index is 0.347. The van der Waals surface area contributed by atoms with Crippen molar-refractivity contribution >= 4 is 23.3 Å². The van der Waals surface area contributed by atoms with E-state index in [1.807, 2.05) is 31.1 Å². The number of carbonyl (C=O) groups is 2. The molecule has 0 bridgehead atoms. The Labute approximate surface area is 147 Å². The van der Waals surface area contributed by atoms with Gasteiger partial charge in [-0.05, 0) is 55.0 Å². The molecule has 0 atom stereocenters. The maximum absolute atomic E-state index is 12.1. The number of rotatable bonds is 6. The summed E-state index contributed by atoms with van der Waals surface area (Å²) in [7, 11) is 5.44. The van der Waals surface area contributed by atoms with Crippen LogP contribution in [0.1, 0.15) is 15.9 Å². The summed E-state index contributed by atoms with van der Waals surface area (Å²) in [6.45, 7) is 1.44. The van der Waals surface area contributed by atoms with Crippen LogP contribution in [0.2, 0.25) is 0 Å². The molecule has 0 saturated heterocycles. The number of carbonyl (C=O) groups excluding carboxylic acids is 2. The molecular weight excluding hydrogens is 320 g/mol. The maximum atomic E-state index is 12.1. The van der Waals surface area contributed by atoms with Crippen molar-refractivity contribution in [3.63, 3.8) is 0 Å². The first-order valence-electron chi connectivity index (χ1n) is 7.79. The van der Waals surface area contributed by atoms with Crippen LogP contribution in [0, 0.1) is 6.92 Å². The third kappa shape index (κ3) is 4.97. The molecule has 0 aliphatic heterocycles. The van der Waals surface area contributed by atoms with E-state index in [4.69, 9.17) is 9.47 Å². The molecule has 2 aromatic rings. The smallest absolute Gasteiger partial charge is 0.338 e. The summed E-state index contributed by atoms with van der Waals surface area (Å²) in [5.41, 5.74) is 2.81. The van der Waals surface area contributed by atoms with Gasteiger partial charge in [-0.3, -0.25) is 4.79 Å².